The van der Waals surface area contributed by atoms with E-state index in [-0.39, 0.29) is 0 Å². The van der Waals surface area contributed by atoms with Crippen LogP contribution in [0.4, 0.5) is 11.8 Å². The van der Waals surface area contributed by atoms with Crippen LogP contribution in [-0.4, -0.2) is 41.5 Å². The Morgan fingerprint density at radius 2 is 2.12 bits per heavy atom. The molecule has 1 aromatic rings. The molecule has 0 aliphatic carbocycles. The van der Waals surface area contributed by atoms with Crippen LogP contribution in [0.3, 0.4) is 0 Å². The van der Waals surface area contributed by atoms with Crippen molar-refractivity contribution in [2.45, 2.75) is 26.3 Å². The zero-order valence-corrected chi connectivity index (χ0v) is 10.5. The zero-order valence-electron chi connectivity index (χ0n) is 10.5. The first-order valence-corrected chi connectivity index (χ1v) is 5.50. The first kappa shape index (κ1) is 12.7. The van der Waals surface area contributed by atoms with Crippen LogP contribution in [0.1, 0.15) is 19.0 Å². The molecule has 0 radical (unpaired) electrons. The molecule has 1 rings (SSSR count). The van der Waals surface area contributed by atoms with Crippen LogP contribution in [0.2, 0.25) is 0 Å². The van der Waals surface area contributed by atoms with E-state index in [1.165, 1.54) is 0 Å². The van der Waals surface area contributed by atoms with E-state index in [2.05, 4.69) is 41.2 Å². The molecule has 0 fully saturated rings. The Morgan fingerprint density at radius 1 is 1.44 bits per heavy atom. The summed E-state index contributed by atoms with van der Waals surface area (Å²) in [7, 11) is 4.14. The molecule has 3 N–H and O–H groups in total. The monoisotopic (exact) mass is 223 g/mol. The summed E-state index contributed by atoms with van der Waals surface area (Å²) in [6.07, 6.45) is 1.07. The highest BCUT2D eigenvalue weighted by Gasteiger charge is 2.05. The molecule has 0 bridgehead atoms. The fourth-order valence-corrected chi connectivity index (χ4v) is 1.44. The summed E-state index contributed by atoms with van der Waals surface area (Å²) in [6, 6.07) is 2.28. The molecule has 1 unspecified atom stereocenters. The van der Waals surface area contributed by atoms with Gasteiger partial charge in [-0.05, 0) is 40.9 Å². The summed E-state index contributed by atoms with van der Waals surface area (Å²) in [5.41, 5.74) is 6.47. The van der Waals surface area contributed by atoms with Crippen LogP contribution in [0.5, 0.6) is 0 Å². The molecule has 5 heteroatoms. The lowest BCUT2D eigenvalue weighted by molar-refractivity contribution is 0.390. The van der Waals surface area contributed by atoms with Crippen LogP contribution in [0.25, 0.3) is 0 Å². The van der Waals surface area contributed by atoms with Crippen molar-refractivity contribution in [3.63, 3.8) is 0 Å². The lowest BCUT2D eigenvalue weighted by Crippen LogP contribution is -2.23. The van der Waals surface area contributed by atoms with Crippen LogP contribution in [0.15, 0.2) is 6.07 Å². The van der Waals surface area contributed by atoms with Gasteiger partial charge in [0.1, 0.15) is 5.82 Å². The number of anilines is 2. The first-order valence-electron chi connectivity index (χ1n) is 5.50. The SMILES string of the molecule is Cc1cc(NC(C)CCN(C)C)nc(N)n1. The topological polar surface area (TPSA) is 67.1 Å². The fourth-order valence-electron chi connectivity index (χ4n) is 1.44. The van der Waals surface area contributed by atoms with Crippen molar-refractivity contribution in [1.29, 1.82) is 0 Å². The normalized spacial score (nSPS) is 12.8. The third-order valence-corrected chi connectivity index (χ3v) is 2.28. The smallest absolute Gasteiger partial charge is 0.222 e. The Bertz CT molecular complexity index is 317. The van der Waals surface area contributed by atoms with E-state index in [4.69, 9.17) is 5.73 Å². The van der Waals surface area contributed by atoms with Crippen molar-refractivity contribution in [1.82, 2.24) is 14.9 Å². The predicted octanol–water partition coefficient (Wildman–Crippen LogP) is 1.12. The second kappa shape index (κ2) is 5.65. The number of aromatic nitrogens is 2. The molecule has 1 aromatic heterocycles. The quantitative estimate of drug-likeness (QED) is 0.783. The van der Waals surface area contributed by atoms with Crippen LogP contribution in [0, 0.1) is 6.92 Å². The van der Waals surface area contributed by atoms with Gasteiger partial charge in [0.25, 0.3) is 0 Å². The summed E-state index contributed by atoms with van der Waals surface area (Å²) in [5, 5.41) is 3.32. The van der Waals surface area contributed by atoms with Crippen molar-refractivity contribution < 1.29 is 0 Å². The van der Waals surface area contributed by atoms with Gasteiger partial charge in [-0.2, -0.15) is 4.98 Å². The van der Waals surface area contributed by atoms with Gasteiger partial charge in [0.2, 0.25) is 5.95 Å². The predicted molar refractivity (Wildman–Crippen MR) is 67.4 cm³/mol. The van der Waals surface area contributed by atoms with Crippen molar-refractivity contribution in [2.75, 3.05) is 31.7 Å². The maximum absolute atomic E-state index is 5.59. The lowest BCUT2D eigenvalue weighted by atomic mass is 10.2. The summed E-state index contributed by atoms with van der Waals surface area (Å²) in [5.74, 6) is 1.12. The third kappa shape index (κ3) is 4.44. The molecule has 0 aliphatic heterocycles. The van der Waals surface area contributed by atoms with Crippen molar-refractivity contribution in [3.05, 3.63) is 11.8 Å². The molecule has 0 spiro atoms. The van der Waals surface area contributed by atoms with Gasteiger partial charge in [-0.25, -0.2) is 4.98 Å². The standard InChI is InChI=1S/C11H21N5/c1-8(5-6-16(3)4)13-10-7-9(2)14-11(12)15-10/h7-8H,5-6H2,1-4H3,(H3,12,13,14,15). The average molecular weight is 223 g/mol. The maximum atomic E-state index is 5.59. The molecule has 90 valence electrons. The van der Waals surface area contributed by atoms with E-state index in [0.29, 0.717) is 12.0 Å². The number of nitrogen functional groups attached to an aromatic ring is 1. The van der Waals surface area contributed by atoms with E-state index < -0.39 is 0 Å². The highest BCUT2D eigenvalue weighted by atomic mass is 15.1. The molecule has 5 nitrogen and oxygen atoms in total. The van der Waals surface area contributed by atoms with Crippen LogP contribution >= 0.6 is 0 Å². The Hall–Kier alpha value is -1.36. The Kier molecular flexibility index (Phi) is 4.49. The van der Waals surface area contributed by atoms with E-state index >= 15 is 0 Å². The summed E-state index contributed by atoms with van der Waals surface area (Å²) >= 11 is 0. The van der Waals surface area contributed by atoms with Gasteiger partial charge in [-0.3, -0.25) is 0 Å². The molecule has 0 amide bonds. The summed E-state index contributed by atoms with van der Waals surface area (Å²) < 4.78 is 0. The Labute approximate surface area is 97.1 Å². The number of aryl methyl sites for hydroxylation is 1. The van der Waals surface area contributed by atoms with E-state index in [0.717, 1.165) is 24.5 Å². The van der Waals surface area contributed by atoms with E-state index in [1.807, 2.05) is 13.0 Å². The second-order valence-electron chi connectivity index (χ2n) is 4.39. The van der Waals surface area contributed by atoms with Crippen molar-refractivity contribution in [2.24, 2.45) is 0 Å². The molecule has 0 saturated carbocycles. The van der Waals surface area contributed by atoms with Crippen molar-refractivity contribution >= 4 is 11.8 Å². The average Bonchev–Trinajstić information content (AvgIpc) is 2.12. The summed E-state index contributed by atoms with van der Waals surface area (Å²) in [4.78, 5) is 10.3. The zero-order chi connectivity index (χ0) is 12.1. The second-order valence-corrected chi connectivity index (χ2v) is 4.39. The van der Waals surface area contributed by atoms with Gasteiger partial charge in [-0.15, -0.1) is 0 Å². The number of rotatable bonds is 5. The van der Waals surface area contributed by atoms with Gasteiger partial charge < -0.3 is 16.0 Å². The van der Waals surface area contributed by atoms with Gasteiger partial charge in [0, 0.05) is 17.8 Å². The fraction of sp³-hybridized carbons (Fsp3) is 0.636. The summed E-state index contributed by atoms with van der Waals surface area (Å²) in [6.45, 7) is 5.10. The molecular formula is C11H21N5. The lowest BCUT2D eigenvalue weighted by Gasteiger charge is -2.17. The van der Waals surface area contributed by atoms with Crippen LogP contribution in [-0.2, 0) is 0 Å². The van der Waals surface area contributed by atoms with E-state index in [1.54, 1.807) is 0 Å². The molecule has 0 aromatic carbocycles. The highest BCUT2D eigenvalue weighted by molar-refractivity contribution is 5.40. The van der Waals surface area contributed by atoms with Gasteiger partial charge in [-0.1, -0.05) is 0 Å². The number of nitrogens with zero attached hydrogens (tertiary/aromatic N) is 3. The minimum atomic E-state index is 0.322. The highest BCUT2D eigenvalue weighted by Crippen LogP contribution is 2.09. The Morgan fingerprint density at radius 3 is 2.69 bits per heavy atom. The third-order valence-electron chi connectivity index (χ3n) is 2.28. The minimum Gasteiger partial charge on any atom is -0.368 e. The number of nitrogens with two attached hydrogens (primary N) is 1. The van der Waals surface area contributed by atoms with Crippen LogP contribution < -0.4 is 11.1 Å². The number of nitrogens with one attached hydrogen (secondary N) is 1. The van der Waals surface area contributed by atoms with Gasteiger partial charge in [0.15, 0.2) is 0 Å². The molecule has 1 heterocycles. The largest absolute Gasteiger partial charge is 0.368 e. The van der Waals surface area contributed by atoms with Gasteiger partial charge in [0.05, 0.1) is 0 Å². The molecule has 0 saturated heterocycles. The molecule has 1 atom stereocenters. The van der Waals surface area contributed by atoms with Gasteiger partial charge >= 0.3 is 0 Å². The first-order chi connectivity index (χ1) is 7.47. The minimum absolute atomic E-state index is 0.322. The molecular weight excluding hydrogens is 202 g/mol. The van der Waals surface area contributed by atoms with E-state index in [9.17, 15) is 0 Å². The molecule has 0 aliphatic rings. The number of hydrogen-bond acceptors (Lipinski definition) is 5. The maximum Gasteiger partial charge on any atom is 0.222 e. The Balaban J connectivity index is 2.52. The number of hydrogen-bond donors (Lipinski definition) is 2. The molecule has 16 heavy (non-hydrogen) atoms. The van der Waals surface area contributed by atoms with Crippen molar-refractivity contribution in [3.8, 4) is 0 Å².